The van der Waals surface area contributed by atoms with E-state index in [9.17, 15) is 4.79 Å². The normalized spacial score (nSPS) is 16.0. The highest BCUT2D eigenvalue weighted by Gasteiger charge is 2.35. The predicted molar refractivity (Wildman–Crippen MR) is 95.3 cm³/mol. The summed E-state index contributed by atoms with van der Waals surface area (Å²) in [5, 5.41) is 0. The van der Waals surface area contributed by atoms with Crippen LogP contribution in [0.25, 0.3) is 0 Å². The third-order valence-electron chi connectivity index (χ3n) is 4.11. The molecule has 6 heteroatoms. The largest absolute Gasteiger partial charge is 0.462 e. The maximum atomic E-state index is 12.5. The molecule has 2 N–H and O–H groups in total. The molecule has 0 saturated heterocycles. The van der Waals surface area contributed by atoms with Crippen molar-refractivity contribution in [2.24, 2.45) is 5.73 Å². The van der Waals surface area contributed by atoms with Crippen LogP contribution in [0, 0.1) is 0 Å². The molecule has 1 aromatic carbocycles. The van der Waals surface area contributed by atoms with Crippen molar-refractivity contribution >= 4 is 11.7 Å². The van der Waals surface area contributed by atoms with Gasteiger partial charge in [-0.25, -0.2) is 4.79 Å². The summed E-state index contributed by atoms with van der Waals surface area (Å²) >= 11 is 0. The van der Waals surface area contributed by atoms with Crippen LogP contribution in [0.5, 0.6) is 5.75 Å². The van der Waals surface area contributed by atoms with Gasteiger partial charge in [0.05, 0.1) is 12.5 Å². The molecule has 0 aliphatic carbocycles. The van der Waals surface area contributed by atoms with E-state index in [-0.39, 0.29) is 18.4 Å². The van der Waals surface area contributed by atoms with Gasteiger partial charge in [0, 0.05) is 43.8 Å². The Hall–Kier alpha value is -3.02. The Morgan fingerprint density at radius 2 is 2.16 bits per heavy atom. The van der Waals surface area contributed by atoms with Gasteiger partial charge in [-0.3, -0.25) is 4.98 Å². The minimum absolute atomic E-state index is 0.0655. The molecule has 1 unspecified atom stereocenters. The Balaban J connectivity index is 2.16. The minimum atomic E-state index is -0.476. The molecule has 3 rings (SSSR count). The van der Waals surface area contributed by atoms with E-state index < -0.39 is 5.97 Å². The average Bonchev–Trinajstić information content (AvgIpc) is 2.60. The van der Waals surface area contributed by atoms with Gasteiger partial charge in [0.15, 0.2) is 0 Å². The molecule has 1 aliphatic heterocycles. The van der Waals surface area contributed by atoms with E-state index in [1.807, 2.05) is 49.3 Å². The third kappa shape index (κ3) is 3.15. The van der Waals surface area contributed by atoms with Crippen LogP contribution >= 0.6 is 0 Å². The van der Waals surface area contributed by atoms with Crippen LogP contribution in [-0.2, 0) is 9.53 Å². The minimum Gasteiger partial charge on any atom is -0.462 e. The quantitative estimate of drug-likeness (QED) is 0.862. The molecule has 1 aromatic heterocycles. The first-order valence-corrected chi connectivity index (χ1v) is 8.08. The number of ether oxygens (including phenoxy) is 2. The fourth-order valence-corrected chi connectivity index (χ4v) is 2.92. The lowest BCUT2D eigenvalue weighted by Gasteiger charge is -2.29. The van der Waals surface area contributed by atoms with Gasteiger partial charge in [-0.2, -0.15) is 0 Å². The molecular formula is C19H21N3O3. The van der Waals surface area contributed by atoms with E-state index in [1.54, 1.807) is 19.3 Å². The second-order valence-electron chi connectivity index (χ2n) is 5.94. The summed E-state index contributed by atoms with van der Waals surface area (Å²) in [6.45, 7) is 2.02. The van der Waals surface area contributed by atoms with E-state index in [0.29, 0.717) is 11.3 Å². The Kier molecular flexibility index (Phi) is 4.61. The SMILES string of the molecule is CCOC(=O)C1=C(N)Oc2cc(N(C)C)ccc2C1c1cccnc1. The molecule has 0 radical (unpaired) electrons. The van der Waals surface area contributed by atoms with Crippen LogP contribution in [0.2, 0.25) is 0 Å². The molecule has 6 nitrogen and oxygen atoms in total. The summed E-state index contributed by atoms with van der Waals surface area (Å²) in [6.07, 6.45) is 3.42. The van der Waals surface area contributed by atoms with Crippen molar-refractivity contribution in [2.75, 3.05) is 25.6 Å². The molecule has 2 heterocycles. The summed E-state index contributed by atoms with van der Waals surface area (Å²) in [4.78, 5) is 18.7. The van der Waals surface area contributed by atoms with Gasteiger partial charge < -0.3 is 20.1 Å². The van der Waals surface area contributed by atoms with E-state index in [0.717, 1.165) is 16.8 Å². The molecule has 0 spiro atoms. The first-order valence-electron chi connectivity index (χ1n) is 8.08. The smallest absolute Gasteiger partial charge is 0.340 e. The first kappa shape index (κ1) is 16.8. The van der Waals surface area contributed by atoms with Gasteiger partial charge >= 0.3 is 5.97 Å². The highest BCUT2D eigenvalue weighted by molar-refractivity contribution is 5.92. The third-order valence-corrected chi connectivity index (χ3v) is 4.11. The average molecular weight is 339 g/mol. The second kappa shape index (κ2) is 6.84. The van der Waals surface area contributed by atoms with Crippen LogP contribution in [0.4, 0.5) is 5.69 Å². The van der Waals surface area contributed by atoms with Crippen LogP contribution < -0.4 is 15.4 Å². The summed E-state index contributed by atoms with van der Waals surface area (Å²) in [7, 11) is 3.90. The van der Waals surface area contributed by atoms with E-state index in [2.05, 4.69) is 4.98 Å². The highest BCUT2D eigenvalue weighted by Crippen LogP contribution is 2.43. The predicted octanol–water partition coefficient (Wildman–Crippen LogP) is 2.41. The van der Waals surface area contributed by atoms with Gasteiger partial charge in [0.1, 0.15) is 11.3 Å². The number of esters is 1. The lowest BCUT2D eigenvalue weighted by Crippen LogP contribution is -2.27. The van der Waals surface area contributed by atoms with Crippen molar-refractivity contribution in [1.29, 1.82) is 0 Å². The van der Waals surface area contributed by atoms with Crippen LogP contribution in [0.3, 0.4) is 0 Å². The van der Waals surface area contributed by atoms with Crippen molar-refractivity contribution in [3.63, 3.8) is 0 Å². The second-order valence-corrected chi connectivity index (χ2v) is 5.94. The first-order chi connectivity index (χ1) is 12.0. The number of aromatic nitrogens is 1. The number of hydrogen-bond donors (Lipinski definition) is 1. The standard InChI is InChI=1S/C19H21N3O3/c1-4-24-19(23)17-16(12-6-5-9-21-11-12)14-8-7-13(22(2)3)10-15(14)25-18(17)20/h5-11,16H,4,20H2,1-3H3. The summed E-state index contributed by atoms with van der Waals surface area (Å²) in [6, 6.07) is 9.59. The van der Waals surface area contributed by atoms with Gasteiger partial charge in [0.2, 0.25) is 5.88 Å². The van der Waals surface area contributed by atoms with E-state index in [4.69, 9.17) is 15.2 Å². The van der Waals surface area contributed by atoms with Crippen molar-refractivity contribution in [2.45, 2.75) is 12.8 Å². The number of anilines is 1. The zero-order valence-corrected chi connectivity index (χ0v) is 14.5. The molecule has 0 amide bonds. The zero-order valence-electron chi connectivity index (χ0n) is 14.5. The molecule has 25 heavy (non-hydrogen) atoms. The monoisotopic (exact) mass is 339 g/mol. The fourth-order valence-electron chi connectivity index (χ4n) is 2.92. The number of carbonyl (C=O) groups excluding carboxylic acids is 1. The number of rotatable bonds is 4. The van der Waals surface area contributed by atoms with Gasteiger partial charge in [-0.05, 0) is 24.6 Å². The van der Waals surface area contributed by atoms with Crippen molar-refractivity contribution < 1.29 is 14.3 Å². The summed E-state index contributed by atoms with van der Waals surface area (Å²) in [5.41, 5.74) is 9.10. The molecule has 0 fully saturated rings. The molecule has 0 bridgehead atoms. The Morgan fingerprint density at radius 3 is 2.80 bits per heavy atom. The number of pyridine rings is 1. The zero-order chi connectivity index (χ0) is 18.0. The number of fused-ring (bicyclic) bond motifs is 1. The molecule has 130 valence electrons. The lowest BCUT2D eigenvalue weighted by molar-refractivity contribution is -0.139. The van der Waals surface area contributed by atoms with Crippen LogP contribution in [0.15, 0.2) is 54.2 Å². The van der Waals surface area contributed by atoms with Crippen LogP contribution in [-0.4, -0.2) is 31.7 Å². The Labute approximate surface area is 146 Å². The highest BCUT2D eigenvalue weighted by atomic mass is 16.5. The molecular weight excluding hydrogens is 318 g/mol. The van der Waals surface area contributed by atoms with E-state index in [1.165, 1.54) is 0 Å². The maximum Gasteiger partial charge on any atom is 0.340 e. The van der Waals surface area contributed by atoms with E-state index >= 15 is 0 Å². The molecule has 1 aliphatic rings. The van der Waals surface area contributed by atoms with Crippen LogP contribution in [0.1, 0.15) is 24.0 Å². The van der Waals surface area contributed by atoms with Gasteiger partial charge in [-0.15, -0.1) is 0 Å². The maximum absolute atomic E-state index is 12.5. The Morgan fingerprint density at radius 1 is 1.36 bits per heavy atom. The number of nitrogens with zero attached hydrogens (tertiary/aromatic N) is 2. The number of nitrogens with two attached hydrogens (primary N) is 1. The molecule has 2 aromatic rings. The molecule has 0 saturated carbocycles. The van der Waals surface area contributed by atoms with Crippen molar-refractivity contribution in [1.82, 2.24) is 4.98 Å². The number of benzene rings is 1. The van der Waals surface area contributed by atoms with Gasteiger partial charge in [0.25, 0.3) is 0 Å². The summed E-state index contributed by atoms with van der Waals surface area (Å²) < 4.78 is 11.0. The topological polar surface area (TPSA) is 77.7 Å². The van der Waals surface area contributed by atoms with Crippen molar-refractivity contribution in [3.8, 4) is 5.75 Å². The Bertz CT molecular complexity index is 816. The summed E-state index contributed by atoms with van der Waals surface area (Å²) in [5.74, 6) is -0.162. The lowest BCUT2D eigenvalue weighted by atomic mass is 9.83. The fraction of sp³-hybridized carbons (Fsp3) is 0.263. The van der Waals surface area contributed by atoms with Gasteiger partial charge in [-0.1, -0.05) is 12.1 Å². The van der Waals surface area contributed by atoms with Crippen molar-refractivity contribution in [3.05, 3.63) is 65.3 Å². The number of hydrogen-bond acceptors (Lipinski definition) is 6. The number of carbonyl (C=O) groups is 1. The molecule has 1 atom stereocenters.